The number of halogens is 3. The number of nitrogens with one attached hydrogen (secondary N) is 1. The lowest BCUT2D eigenvalue weighted by atomic mass is 10.1. The summed E-state index contributed by atoms with van der Waals surface area (Å²) in [7, 11) is 0. The van der Waals surface area contributed by atoms with Crippen LogP contribution < -0.4 is 16.8 Å². The third kappa shape index (κ3) is 2.71. The van der Waals surface area contributed by atoms with Crippen molar-refractivity contribution in [1.29, 1.82) is 0 Å². The summed E-state index contributed by atoms with van der Waals surface area (Å²) >= 11 is 9.31. The molecule has 0 radical (unpaired) electrons. The molecule has 2 rings (SSSR count). The number of anilines is 4. The van der Waals surface area contributed by atoms with Gasteiger partial charge in [0.15, 0.2) is 12.1 Å². The Kier molecular flexibility index (Phi) is 4.15. The van der Waals surface area contributed by atoms with Gasteiger partial charge in [0.2, 0.25) is 0 Å². The van der Waals surface area contributed by atoms with E-state index in [1.165, 1.54) is 6.07 Å². The monoisotopic (exact) mass is 357 g/mol. The summed E-state index contributed by atoms with van der Waals surface area (Å²) < 4.78 is 14.9. The van der Waals surface area contributed by atoms with Crippen LogP contribution in [-0.4, -0.2) is 6.29 Å². The number of rotatable bonds is 3. The summed E-state index contributed by atoms with van der Waals surface area (Å²) in [6, 6.07) is 6.32. The molecule has 0 aliphatic rings. The fraction of sp³-hybridized carbons (Fsp3) is 0. The van der Waals surface area contributed by atoms with E-state index < -0.39 is 5.82 Å². The molecule has 0 aliphatic carbocycles. The van der Waals surface area contributed by atoms with Gasteiger partial charge in [-0.25, -0.2) is 4.39 Å². The minimum Gasteiger partial charge on any atom is -0.397 e. The highest BCUT2D eigenvalue weighted by Crippen LogP contribution is 2.34. The van der Waals surface area contributed by atoms with Gasteiger partial charge < -0.3 is 16.8 Å². The summed E-state index contributed by atoms with van der Waals surface area (Å²) in [5.41, 5.74) is 11.3. The lowest BCUT2D eigenvalue weighted by Gasteiger charge is -2.14. The van der Waals surface area contributed by atoms with Crippen molar-refractivity contribution in [2.75, 3.05) is 16.8 Å². The molecule has 4 nitrogen and oxygen atoms in total. The first-order valence-electron chi connectivity index (χ1n) is 5.48. The molecule has 0 aromatic heterocycles. The molecule has 0 atom stereocenters. The summed E-state index contributed by atoms with van der Waals surface area (Å²) in [4.78, 5) is 11.0. The molecule has 20 heavy (non-hydrogen) atoms. The summed E-state index contributed by atoms with van der Waals surface area (Å²) in [5.74, 6) is -0.786. The predicted molar refractivity (Wildman–Crippen MR) is 83.0 cm³/mol. The summed E-state index contributed by atoms with van der Waals surface area (Å²) in [6.45, 7) is 0. The van der Waals surface area contributed by atoms with E-state index in [0.717, 1.165) is 4.47 Å². The fourth-order valence-corrected chi connectivity index (χ4v) is 2.37. The van der Waals surface area contributed by atoms with Gasteiger partial charge in [0, 0.05) is 10.0 Å². The maximum Gasteiger partial charge on any atom is 0.172 e. The zero-order valence-corrected chi connectivity index (χ0v) is 12.4. The van der Waals surface area contributed by atoms with Gasteiger partial charge in [0.1, 0.15) is 0 Å². The smallest absolute Gasteiger partial charge is 0.172 e. The summed E-state index contributed by atoms with van der Waals surface area (Å²) in [6.07, 6.45) is 0.494. The highest BCUT2D eigenvalue weighted by atomic mass is 79.9. The minimum atomic E-state index is -0.786. The SMILES string of the molecule is Nc1cc(C=O)c(Nc2ccc(Br)cc2Cl)c(F)c1N. The van der Waals surface area contributed by atoms with Gasteiger partial charge in [-0.1, -0.05) is 27.5 Å². The van der Waals surface area contributed by atoms with Crippen LogP contribution in [0.1, 0.15) is 10.4 Å². The Morgan fingerprint density at radius 1 is 1.30 bits per heavy atom. The van der Waals surface area contributed by atoms with Crippen LogP contribution in [0.3, 0.4) is 0 Å². The van der Waals surface area contributed by atoms with Crippen molar-refractivity contribution in [1.82, 2.24) is 0 Å². The van der Waals surface area contributed by atoms with Crippen LogP contribution in [0.25, 0.3) is 0 Å². The van der Waals surface area contributed by atoms with E-state index >= 15 is 0 Å². The maximum absolute atomic E-state index is 14.1. The van der Waals surface area contributed by atoms with Crippen molar-refractivity contribution in [2.45, 2.75) is 0 Å². The van der Waals surface area contributed by atoms with Crippen LogP contribution in [0.4, 0.5) is 27.1 Å². The number of hydrogen-bond acceptors (Lipinski definition) is 4. The second-order valence-electron chi connectivity index (χ2n) is 4.02. The first-order valence-corrected chi connectivity index (χ1v) is 6.66. The van der Waals surface area contributed by atoms with E-state index in [0.29, 0.717) is 17.0 Å². The zero-order valence-electron chi connectivity index (χ0n) is 10.1. The zero-order chi connectivity index (χ0) is 14.9. The van der Waals surface area contributed by atoms with E-state index in [2.05, 4.69) is 21.2 Å². The van der Waals surface area contributed by atoms with Crippen LogP contribution in [0.15, 0.2) is 28.7 Å². The van der Waals surface area contributed by atoms with Crippen LogP contribution in [0.2, 0.25) is 5.02 Å². The third-order valence-electron chi connectivity index (χ3n) is 2.68. The van der Waals surface area contributed by atoms with Crippen LogP contribution in [-0.2, 0) is 0 Å². The Hall–Kier alpha value is -1.79. The number of hydrogen-bond donors (Lipinski definition) is 3. The minimum absolute atomic E-state index is 0.0112. The van der Waals surface area contributed by atoms with Crippen molar-refractivity contribution in [3.63, 3.8) is 0 Å². The molecule has 0 saturated carbocycles. The van der Waals surface area contributed by atoms with E-state index in [-0.39, 0.29) is 22.6 Å². The Morgan fingerprint density at radius 2 is 2.00 bits per heavy atom. The molecule has 5 N–H and O–H groups in total. The molecule has 7 heteroatoms. The molecule has 0 unspecified atom stereocenters. The largest absolute Gasteiger partial charge is 0.397 e. The van der Waals surface area contributed by atoms with Gasteiger partial charge in [0.25, 0.3) is 0 Å². The number of benzene rings is 2. The van der Waals surface area contributed by atoms with Crippen molar-refractivity contribution >= 4 is 56.6 Å². The second kappa shape index (κ2) is 5.68. The molecular formula is C13H10BrClFN3O. The Labute approximate surface area is 128 Å². The highest BCUT2D eigenvalue weighted by molar-refractivity contribution is 9.10. The van der Waals surface area contributed by atoms with Crippen molar-refractivity contribution < 1.29 is 9.18 Å². The fourth-order valence-electron chi connectivity index (χ4n) is 1.65. The van der Waals surface area contributed by atoms with Crippen LogP contribution >= 0.6 is 27.5 Å². The molecule has 0 saturated heterocycles. The Morgan fingerprint density at radius 3 is 2.60 bits per heavy atom. The lowest BCUT2D eigenvalue weighted by Crippen LogP contribution is -2.06. The van der Waals surface area contributed by atoms with Gasteiger partial charge in [-0.05, 0) is 24.3 Å². The third-order valence-corrected chi connectivity index (χ3v) is 3.49. The van der Waals surface area contributed by atoms with Crippen molar-refractivity contribution in [3.8, 4) is 0 Å². The normalized spacial score (nSPS) is 10.3. The average molecular weight is 359 g/mol. The quantitative estimate of drug-likeness (QED) is 0.573. The lowest BCUT2D eigenvalue weighted by molar-refractivity contribution is 0.112. The maximum atomic E-state index is 14.1. The molecule has 2 aromatic rings. The molecule has 0 heterocycles. The Balaban J connectivity index is 2.53. The van der Waals surface area contributed by atoms with E-state index in [4.69, 9.17) is 23.1 Å². The van der Waals surface area contributed by atoms with Crippen LogP contribution in [0, 0.1) is 5.82 Å². The number of carbonyl (C=O) groups excluding carboxylic acids is 1. The van der Waals surface area contributed by atoms with Crippen molar-refractivity contribution in [3.05, 3.63) is 45.1 Å². The van der Waals surface area contributed by atoms with E-state index in [1.54, 1.807) is 18.2 Å². The standard InChI is InChI=1S/C13H10BrClFN3O/c14-7-1-2-10(8(15)4-7)19-13-6(5-20)3-9(17)12(18)11(13)16/h1-5,19H,17-18H2. The number of aldehydes is 1. The first-order chi connectivity index (χ1) is 9.43. The molecule has 2 aromatic carbocycles. The molecule has 104 valence electrons. The van der Waals surface area contributed by atoms with E-state index in [9.17, 15) is 9.18 Å². The second-order valence-corrected chi connectivity index (χ2v) is 5.35. The van der Waals surface area contributed by atoms with Gasteiger partial charge >= 0.3 is 0 Å². The summed E-state index contributed by atoms with van der Waals surface area (Å²) in [5, 5.41) is 3.13. The number of nitrogen functional groups attached to an aromatic ring is 2. The van der Waals surface area contributed by atoms with E-state index in [1.807, 2.05) is 0 Å². The van der Waals surface area contributed by atoms with Crippen LogP contribution in [0.5, 0.6) is 0 Å². The van der Waals surface area contributed by atoms with Crippen molar-refractivity contribution in [2.24, 2.45) is 0 Å². The number of nitrogens with two attached hydrogens (primary N) is 2. The van der Waals surface area contributed by atoms with Gasteiger partial charge in [0.05, 0.1) is 27.8 Å². The van der Waals surface area contributed by atoms with Gasteiger partial charge in [-0.15, -0.1) is 0 Å². The molecule has 0 amide bonds. The molecule has 0 spiro atoms. The highest BCUT2D eigenvalue weighted by Gasteiger charge is 2.16. The molecule has 0 bridgehead atoms. The van der Waals surface area contributed by atoms with Gasteiger partial charge in [-0.2, -0.15) is 0 Å². The molecule has 0 fully saturated rings. The van der Waals surface area contributed by atoms with Gasteiger partial charge in [-0.3, -0.25) is 4.79 Å². The first kappa shape index (κ1) is 14.6. The Bertz CT molecular complexity index is 694. The number of carbonyl (C=O) groups is 1. The average Bonchev–Trinajstić information content (AvgIpc) is 2.41. The molecule has 0 aliphatic heterocycles. The topological polar surface area (TPSA) is 81.1 Å². The molecular weight excluding hydrogens is 349 g/mol. The predicted octanol–water partition coefficient (Wildman–Crippen LogP) is 3.96.